The van der Waals surface area contributed by atoms with Crippen LogP contribution in [0.1, 0.15) is 21.6 Å². The number of aromatic nitrogens is 2. The molecule has 1 aliphatic rings. The molecule has 0 unspecified atom stereocenters. The predicted octanol–water partition coefficient (Wildman–Crippen LogP) is 3.53. The van der Waals surface area contributed by atoms with Gasteiger partial charge in [0.25, 0.3) is 5.91 Å². The van der Waals surface area contributed by atoms with E-state index < -0.39 is 0 Å². The second-order valence-electron chi connectivity index (χ2n) is 8.44. The largest absolute Gasteiger partial charge is 0.382 e. The van der Waals surface area contributed by atoms with Crippen LogP contribution in [0.5, 0.6) is 0 Å². The smallest absolute Gasteiger partial charge is 0.273 e. The Hall–Kier alpha value is -2.91. The molecule has 4 rings (SSSR count). The number of nitrogen functional groups attached to an aromatic ring is 1. The Kier molecular flexibility index (Phi) is 8.76. The van der Waals surface area contributed by atoms with Crippen molar-refractivity contribution in [1.29, 1.82) is 0 Å². The van der Waals surface area contributed by atoms with E-state index in [1.165, 1.54) is 5.56 Å². The van der Waals surface area contributed by atoms with Gasteiger partial charge in [0.2, 0.25) is 0 Å². The Morgan fingerprint density at radius 1 is 0.914 bits per heavy atom. The number of carbonyl (C=O) groups is 1. The molecule has 184 valence electrons. The highest BCUT2D eigenvalue weighted by atomic mass is 35.5. The lowest BCUT2D eigenvalue weighted by Gasteiger charge is -2.34. The summed E-state index contributed by atoms with van der Waals surface area (Å²) in [5.74, 6) is -0.0343. The zero-order valence-electron chi connectivity index (χ0n) is 19.4. The van der Waals surface area contributed by atoms with Gasteiger partial charge in [0.1, 0.15) is 0 Å². The molecule has 0 aliphatic carbocycles. The van der Waals surface area contributed by atoms with Crippen LogP contribution in [0.2, 0.25) is 10.2 Å². The molecule has 0 atom stereocenters. The van der Waals surface area contributed by atoms with Gasteiger partial charge in [-0.2, -0.15) is 0 Å². The molecule has 1 aromatic heterocycles. The Morgan fingerprint density at radius 3 is 2.31 bits per heavy atom. The number of carbonyl (C=O) groups excluding carboxylic acids is 1. The predicted molar refractivity (Wildman–Crippen MR) is 141 cm³/mol. The summed E-state index contributed by atoms with van der Waals surface area (Å²) in [5, 5.41) is 6.72. The van der Waals surface area contributed by atoms with E-state index in [4.69, 9.17) is 28.9 Å². The molecule has 2 heterocycles. The second-order valence-corrected chi connectivity index (χ2v) is 9.23. The molecule has 1 fully saturated rings. The van der Waals surface area contributed by atoms with Crippen molar-refractivity contribution in [3.63, 3.8) is 0 Å². The minimum absolute atomic E-state index is 0.0275. The maximum Gasteiger partial charge on any atom is 0.273 e. The number of anilines is 2. The van der Waals surface area contributed by atoms with Crippen molar-refractivity contribution in [2.75, 3.05) is 50.3 Å². The highest BCUT2D eigenvalue weighted by Crippen LogP contribution is 2.21. The van der Waals surface area contributed by atoms with Gasteiger partial charge in [0.15, 0.2) is 22.5 Å². The molecule has 0 bridgehead atoms. The Labute approximate surface area is 215 Å². The lowest BCUT2D eigenvalue weighted by molar-refractivity contribution is 0.0930. The van der Waals surface area contributed by atoms with Gasteiger partial charge in [-0.05, 0) is 23.3 Å². The summed E-state index contributed by atoms with van der Waals surface area (Å²) in [7, 11) is 0. The zero-order chi connectivity index (χ0) is 24.6. The monoisotopic (exact) mass is 513 g/mol. The van der Waals surface area contributed by atoms with E-state index in [1.807, 2.05) is 18.2 Å². The Balaban J connectivity index is 1.21. The average Bonchev–Trinajstić information content (AvgIpc) is 2.87. The van der Waals surface area contributed by atoms with Crippen LogP contribution in [-0.2, 0) is 13.1 Å². The first-order valence-corrected chi connectivity index (χ1v) is 12.3. The minimum atomic E-state index is -0.385. The minimum Gasteiger partial charge on any atom is -0.382 e. The number of hydrogen-bond acceptors (Lipinski definition) is 7. The Bertz CT molecular complexity index is 1120. The van der Waals surface area contributed by atoms with Crippen molar-refractivity contribution >= 4 is 40.7 Å². The normalized spacial score (nSPS) is 14.6. The van der Waals surface area contributed by atoms with E-state index in [2.05, 4.69) is 54.7 Å². The fourth-order valence-electron chi connectivity index (χ4n) is 3.92. The lowest BCUT2D eigenvalue weighted by atomic mass is 10.2. The van der Waals surface area contributed by atoms with Crippen LogP contribution in [0.4, 0.5) is 11.6 Å². The first-order chi connectivity index (χ1) is 17.0. The highest BCUT2D eigenvalue weighted by molar-refractivity contribution is 6.32. The van der Waals surface area contributed by atoms with Gasteiger partial charge in [-0.1, -0.05) is 65.7 Å². The number of halogens is 2. The molecule has 2 aromatic carbocycles. The fraction of sp³-hybridized carbons (Fsp3) is 0.320. The number of hydrogen-bond donors (Lipinski definition) is 3. The van der Waals surface area contributed by atoms with Crippen LogP contribution in [0, 0.1) is 0 Å². The van der Waals surface area contributed by atoms with Crippen molar-refractivity contribution in [2.45, 2.75) is 13.1 Å². The molecule has 10 heteroatoms. The summed E-state index contributed by atoms with van der Waals surface area (Å²) in [5.41, 5.74) is 8.36. The molecular formula is C25H29Cl2N7O. The van der Waals surface area contributed by atoms with Gasteiger partial charge in [0.05, 0.1) is 0 Å². The van der Waals surface area contributed by atoms with E-state index in [0.717, 1.165) is 44.8 Å². The molecule has 0 spiro atoms. The van der Waals surface area contributed by atoms with Crippen LogP contribution >= 0.6 is 23.2 Å². The topological polar surface area (TPSA) is 99.4 Å². The third-order valence-electron chi connectivity index (χ3n) is 5.90. The fourth-order valence-corrected chi connectivity index (χ4v) is 4.24. The van der Waals surface area contributed by atoms with Gasteiger partial charge >= 0.3 is 0 Å². The first kappa shape index (κ1) is 25.2. The molecule has 35 heavy (non-hydrogen) atoms. The molecular weight excluding hydrogens is 485 g/mol. The van der Waals surface area contributed by atoms with Crippen molar-refractivity contribution in [3.05, 3.63) is 81.6 Å². The van der Waals surface area contributed by atoms with E-state index in [-0.39, 0.29) is 22.6 Å². The Morgan fingerprint density at radius 2 is 1.60 bits per heavy atom. The molecule has 4 N–H and O–H groups in total. The molecule has 0 saturated carbocycles. The number of nitrogens with one attached hydrogen (secondary N) is 2. The van der Waals surface area contributed by atoms with Crippen LogP contribution in [0.3, 0.4) is 0 Å². The summed E-state index contributed by atoms with van der Waals surface area (Å²) in [6.07, 6.45) is 0. The molecule has 1 aliphatic heterocycles. The van der Waals surface area contributed by atoms with Crippen LogP contribution in [0.15, 0.2) is 54.6 Å². The lowest BCUT2D eigenvalue weighted by Crippen LogP contribution is -2.48. The quantitative estimate of drug-likeness (QED) is 0.402. The van der Waals surface area contributed by atoms with Crippen LogP contribution in [-0.4, -0.2) is 64.9 Å². The number of benzene rings is 2. The SMILES string of the molecule is Nc1nc(NCc2ccc(Cl)cc2)c(Cl)nc1C(=O)NCCN1CCN(Cc2ccccc2)CC1. The summed E-state index contributed by atoms with van der Waals surface area (Å²) in [4.78, 5) is 25.8. The van der Waals surface area contributed by atoms with Gasteiger partial charge in [-0.25, -0.2) is 9.97 Å². The van der Waals surface area contributed by atoms with Crippen molar-refractivity contribution in [3.8, 4) is 0 Å². The molecule has 3 aromatic rings. The first-order valence-electron chi connectivity index (χ1n) is 11.6. The number of piperazine rings is 1. The van der Waals surface area contributed by atoms with E-state index >= 15 is 0 Å². The van der Waals surface area contributed by atoms with Gasteiger partial charge < -0.3 is 16.4 Å². The second kappa shape index (κ2) is 12.2. The van der Waals surface area contributed by atoms with Crippen molar-refractivity contribution in [1.82, 2.24) is 25.1 Å². The van der Waals surface area contributed by atoms with E-state index in [9.17, 15) is 4.79 Å². The van der Waals surface area contributed by atoms with E-state index in [1.54, 1.807) is 12.1 Å². The van der Waals surface area contributed by atoms with Gasteiger partial charge in [-0.3, -0.25) is 14.6 Å². The third kappa shape index (κ3) is 7.29. The standard InChI is InChI=1S/C25H29Cl2N7O/c26-20-8-6-18(7-9-20)16-30-24-22(27)31-21(23(28)32-24)25(35)29-10-11-33-12-14-34(15-13-33)17-19-4-2-1-3-5-19/h1-9H,10-17H2,(H,29,35)(H3,28,30,32). The maximum absolute atomic E-state index is 12.6. The molecule has 8 nitrogen and oxygen atoms in total. The molecule has 1 amide bonds. The van der Waals surface area contributed by atoms with Gasteiger partial charge in [0, 0.05) is 57.4 Å². The maximum atomic E-state index is 12.6. The third-order valence-corrected chi connectivity index (χ3v) is 6.41. The summed E-state index contributed by atoms with van der Waals surface area (Å²) < 4.78 is 0. The molecule has 1 saturated heterocycles. The number of rotatable bonds is 9. The summed E-state index contributed by atoms with van der Waals surface area (Å²) in [6, 6.07) is 17.9. The highest BCUT2D eigenvalue weighted by Gasteiger charge is 2.19. The van der Waals surface area contributed by atoms with Crippen LogP contribution < -0.4 is 16.4 Å². The molecule has 0 radical (unpaired) electrons. The van der Waals surface area contributed by atoms with Crippen LogP contribution in [0.25, 0.3) is 0 Å². The van der Waals surface area contributed by atoms with E-state index in [0.29, 0.717) is 23.9 Å². The number of nitrogens with zero attached hydrogens (tertiary/aromatic N) is 4. The zero-order valence-corrected chi connectivity index (χ0v) is 20.9. The van der Waals surface area contributed by atoms with Gasteiger partial charge in [-0.15, -0.1) is 0 Å². The number of amides is 1. The average molecular weight is 514 g/mol. The van der Waals surface area contributed by atoms with Crippen molar-refractivity contribution < 1.29 is 4.79 Å². The number of nitrogens with two attached hydrogens (primary N) is 1. The summed E-state index contributed by atoms with van der Waals surface area (Å²) >= 11 is 12.2. The van der Waals surface area contributed by atoms with Crippen molar-refractivity contribution in [2.24, 2.45) is 0 Å². The summed E-state index contributed by atoms with van der Waals surface area (Å²) in [6.45, 7) is 6.61.